The molecule has 1 aromatic carbocycles. The monoisotopic (exact) mass is 383 g/mol. The summed E-state index contributed by atoms with van der Waals surface area (Å²) < 4.78 is 5.07. The van der Waals surface area contributed by atoms with E-state index in [9.17, 15) is 9.59 Å². The van der Waals surface area contributed by atoms with E-state index in [1.54, 1.807) is 31.4 Å². The third kappa shape index (κ3) is 7.22. The van der Waals surface area contributed by atoms with Gasteiger partial charge in [-0.25, -0.2) is 0 Å². The molecule has 1 aromatic rings. The molecule has 2 unspecified atom stereocenters. The molecule has 0 bridgehead atoms. The van der Waals surface area contributed by atoms with Gasteiger partial charge >= 0.3 is 0 Å². The number of hydrogen-bond donors (Lipinski definition) is 3. The molecule has 0 radical (unpaired) electrons. The van der Waals surface area contributed by atoms with Crippen molar-refractivity contribution in [1.29, 1.82) is 0 Å². The number of carbonyl (C=O) groups is 2. The Kier molecular flexibility index (Phi) is 10.1. The molecule has 2 rings (SSSR count). The van der Waals surface area contributed by atoms with Crippen LogP contribution in [-0.4, -0.2) is 45.1 Å². The Morgan fingerprint density at radius 2 is 1.92 bits per heavy atom. The Morgan fingerprint density at radius 3 is 2.54 bits per heavy atom. The summed E-state index contributed by atoms with van der Waals surface area (Å²) in [7, 11) is 1.59. The highest BCUT2D eigenvalue weighted by atomic mass is 35.5. The van der Waals surface area contributed by atoms with Crippen LogP contribution in [0, 0.1) is 11.8 Å². The van der Waals surface area contributed by atoms with E-state index in [-0.39, 0.29) is 24.2 Å². The summed E-state index contributed by atoms with van der Waals surface area (Å²) in [4.78, 5) is 24.0. The van der Waals surface area contributed by atoms with Gasteiger partial charge in [-0.1, -0.05) is 6.92 Å². The van der Waals surface area contributed by atoms with Gasteiger partial charge in [-0.2, -0.15) is 0 Å². The summed E-state index contributed by atoms with van der Waals surface area (Å²) in [5.41, 5.74) is 0.575. The minimum absolute atomic E-state index is 0. The van der Waals surface area contributed by atoms with Crippen molar-refractivity contribution in [3.63, 3.8) is 0 Å². The smallest absolute Gasteiger partial charge is 0.251 e. The predicted octanol–water partition coefficient (Wildman–Crippen LogP) is 1.99. The van der Waals surface area contributed by atoms with Crippen LogP contribution in [0.2, 0.25) is 0 Å². The SMILES string of the molecule is COc1ccc(C(=O)NCCNC(=O)CC(C)C2CCCNC2)cc1.Cl. The fourth-order valence-electron chi connectivity index (χ4n) is 3.12. The molecule has 6 nitrogen and oxygen atoms in total. The number of carbonyl (C=O) groups excluding carboxylic acids is 2. The molecular weight excluding hydrogens is 354 g/mol. The Balaban J connectivity index is 0.00000338. The Hall–Kier alpha value is -1.79. The number of ether oxygens (including phenoxy) is 1. The van der Waals surface area contributed by atoms with Crippen molar-refractivity contribution in [2.45, 2.75) is 26.2 Å². The summed E-state index contributed by atoms with van der Waals surface area (Å²) in [6.45, 7) is 5.09. The molecule has 1 aliphatic rings. The van der Waals surface area contributed by atoms with E-state index in [1.165, 1.54) is 12.8 Å². The Morgan fingerprint density at radius 1 is 1.23 bits per heavy atom. The molecule has 2 amide bonds. The summed E-state index contributed by atoms with van der Waals surface area (Å²) in [5.74, 6) is 1.57. The van der Waals surface area contributed by atoms with Crippen molar-refractivity contribution < 1.29 is 14.3 Å². The van der Waals surface area contributed by atoms with Gasteiger partial charge in [0.05, 0.1) is 7.11 Å². The van der Waals surface area contributed by atoms with E-state index in [0.717, 1.165) is 13.1 Å². The Labute approximate surface area is 161 Å². The van der Waals surface area contributed by atoms with E-state index in [0.29, 0.717) is 42.7 Å². The number of halogens is 1. The van der Waals surface area contributed by atoms with Crippen LogP contribution in [0.5, 0.6) is 5.75 Å². The van der Waals surface area contributed by atoms with Gasteiger partial charge in [-0.15, -0.1) is 12.4 Å². The lowest BCUT2D eigenvalue weighted by Gasteiger charge is -2.28. The minimum atomic E-state index is -0.154. The second-order valence-electron chi connectivity index (χ2n) is 6.62. The first-order chi connectivity index (χ1) is 12.1. The van der Waals surface area contributed by atoms with Crippen molar-refractivity contribution in [1.82, 2.24) is 16.0 Å². The van der Waals surface area contributed by atoms with Crippen molar-refractivity contribution in [2.24, 2.45) is 11.8 Å². The molecular formula is C19H30ClN3O3. The predicted molar refractivity (Wildman–Crippen MR) is 105 cm³/mol. The summed E-state index contributed by atoms with van der Waals surface area (Å²) in [5, 5.41) is 9.08. The van der Waals surface area contributed by atoms with E-state index < -0.39 is 0 Å². The van der Waals surface area contributed by atoms with Crippen LogP contribution in [0.1, 0.15) is 36.5 Å². The van der Waals surface area contributed by atoms with Crippen LogP contribution in [0.3, 0.4) is 0 Å². The van der Waals surface area contributed by atoms with Crippen molar-refractivity contribution in [2.75, 3.05) is 33.3 Å². The van der Waals surface area contributed by atoms with E-state index in [4.69, 9.17) is 4.74 Å². The third-order valence-electron chi connectivity index (χ3n) is 4.73. The molecule has 26 heavy (non-hydrogen) atoms. The maximum atomic E-state index is 12.0. The van der Waals surface area contributed by atoms with E-state index in [1.807, 2.05) is 0 Å². The number of hydrogen-bond acceptors (Lipinski definition) is 4. The molecule has 1 saturated heterocycles. The standard InChI is InChI=1S/C19H29N3O3.ClH/c1-14(16-4-3-9-20-13-16)12-18(23)21-10-11-22-19(24)15-5-7-17(25-2)8-6-15;/h5-8,14,16,20H,3-4,9-13H2,1-2H3,(H,21,23)(H,22,24);1H. The molecule has 7 heteroatoms. The van der Waals surface area contributed by atoms with E-state index in [2.05, 4.69) is 22.9 Å². The normalized spacial score (nSPS) is 17.5. The number of rotatable bonds is 8. The van der Waals surface area contributed by atoms with Gasteiger partial charge in [0.25, 0.3) is 5.91 Å². The Bertz CT molecular complexity index is 560. The number of amides is 2. The number of nitrogens with one attached hydrogen (secondary N) is 3. The fourth-order valence-corrected chi connectivity index (χ4v) is 3.12. The van der Waals surface area contributed by atoms with Gasteiger partial charge in [0.1, 0.15) is 5.75 Å². The van der Waals surface area contributed by atoms with Gasteiger partial charge in [0.15, 0.2) is 0 Å². The molecule has 146 valence electrons. The average Bonchev–Trinajstić information content (AvgIpc) is 2.65. The zero-order valence-corrected chi connectivity index (χ0v) is 16.4. The molecule has 1 heterocycles. The molecule has 1 fully saturated rings. The molecule has 0 saturated carbocycles. The van der Waals surface area contributed by atoms with Crippen LogP contribution in [-0.2, 0) is 4.79 Å². The highest BCUT2D eigenvalue weighted by molar-refractivity contribution is 5.94. The van der Waals surface area contributed by atoms with E-state index >= 15 is 0 Å². The molecule has 0 aliphatic carbocycles. The molecule has 0 aromatic heterocycles. The summed E-state index contributed by atoms with van der Waals surface area (Å²) in [6.07, 6.45) is 2.92. The first-order valence-electron chi connectivity index (χ1n) is 9.00. The van der Waals surface area contributed by atoms with Crippen molar-refractivity contribution in [3.8, 4) is 5.75 Å². The number of piperidine rings is 1. The maximum Gasteiger partial charge on any atom is 0.251 e. The lowest BCUT2D eigenvalue weighted by molar-refractivity contribution is -0.122. The average molecular weight is 384 g/mol. The molecule has 3 N–H and O–H groups in total. The molecule has 1 aliphatic heterocycles. The van der Waals surface area contributed by atoms with Gasteiger partial charge in [0.2, 0.25) is 5.91 Å². The maximum absolute atomic E-state index is 12.0. The second-order valence-corrected chi connectivity index (χ2v) is 6.62. The topological polar surface area (TPSA) is 79.5 Å². The second kappa shape index (κ2) is 11.8. The third-order valence-corrected chi connectivity index (χ3v) is 4.73. The zero-order valence-electron chi connectivity index (χ0n) is 15.5. The zero-order chi connectivity index (χ0) is 18.1. The van der Waals surface area contributed by atoms with Crippen LogP contribution in [0.15, 0.2) is 24.3 Å². The van der Waals surface area contributed by atoms with Crippen molar-refractivity contribution >= 4 is 24.2 Å². The summed E-state index contributed by atoms with van der Waals surface area (Å²) >= 11 is 0. The quantitative estimate of drug-likeness (QED) is 0.600. The first kappa shape index (κ1) is 22.3. The van der Waals surface area contributed by atoms with Gasteiger partial charge in [-0.05, 0) is 62.0 Å². The van der Waals surface area contributed by atoms with Crippen LogP contribution < -0.4 is 20.7 Å². The fraction of sp³-hybridized carbons (Fsp3) is 0.579. The lowest BCUT2D eigenvalue weighted by atomic mass is 9.85. The number of methoxy groups -OCH3 is 1. The molecule has 0 spiro atoms. The summed E-state index contributed by atoms with van der Waals surface area (Å²) in [6, 6.07) is 6.93. The van der Waals surface area contributed by atoms with Gasteiger partial charge < -0.3 is 20.7 Å². The highest BCUT2D eigenvalue weighted by Gasteiger charge is 2.21. The lowest BCUT2D eigenvalue weighted by Crippen LogP contribution is -2.37. The number of benzene rings is 1. The van der Waals surface area contributed by atoms with Crippen LogP contribution >= 0.6 is 12.4 Å². The van der Waals surface area contributed by atoms with Crippen LogP contribution in [0.4, 0.5) is 0 Å². The molecule has 2 atom stereocenters. The minimum Gasteiger partial charge on any atom is -0.497 e. The van der Waals surface area contributed by atoms with Gasteiger partial charge in [0, 0.05) is 25.1 Å². The van der Waals surface area contributed by atoms with Crippen molar-refractivity contribution in [3.05, 3.63) is 29.8 Å². The van der Waals surface area contributed by atoms with Gasteiger partial charge in [-0.3, -0.25) is 9.59 Å². The van der Waals surface area contributed by atoms with Crippen LogP contribution in [0.25, 0.3) is 0 Å². The highest BCUT2D eigenvalue weighted by Crippen LogP contribution is 2.22. The first-order valence-corrected chi connectivity index (χ1v) is 9.00. The largest absolute Gasteiger partial charge is 0.497 e.